The summed E-state index contributed by atoms with van der Waals surface area (Å²) in [6, 6.07) is 39.5. The van der Waals surface area contributed by atoms with Gasteiger partial charge in [-0.05, 0) is 40.0 Å². The van der Waals surface area contributed by atoms with Crippen LogP contribution in [0.25, 0.3) is 0 Å². The van der Waals surface area contributed by atoms with Gasteiger partial charge in [0, 0.05) is 0 Å². The number of hydrogen-bond donors (Lipinski definition) is 0. The van der Waals surface area contributed by atoms with Crippen molar-refractivity contribution in [3.8, 4) is 0 Å². The minimum Gasteiger partial charge on any atom is -0.199 e. The minimum atomic E-state index is 0. The maximum Gasteiger partial charge on any atom is 2.00 e. The first-order valence-corrected chi connectivity index (χ1v) is 17.1. The van der Waals surface area contributed by atoms with E-state index in [-0.39, 0.29) is 34.1 Å². The molecule has 0 fully saturated rings. The first-order chi connectivity index (χ1) is 17.0. The fraction of sp³-hybridized carbons (Fsp3) is 0.176. The normalized spacial score (nSPS) is 8.21. The van der Waals surface area contributed by atoms with Crippen LogP contribution in [0.2, 0.25) is 0 Å². The topological polar surface area (TPSA) is 0 Å². The molecule has 0 amide bonds. The fourth-order valence-electron chi connectivity index (χ4n) is 1.91. The molecule has 0 N–H and O–H groups in total. The van der Waals surface area contributed by atoms with Gasteiger partial charge in [-0.15, -0.1) is 64.4 Å². The zero-order chi connectivity index (χ0) is 27.6. The molecule has 0 aliphatic rings. The summed E-state index contributed by atoms with van der Waals surface area (Å²) in [5, 5.41) is 0. The van der Waals surface area contributed by atoms with Crippen LogP contribution in [0.4, 0.5) is 0 Å². The van der Waals surface area contributed by atoms with Gasteiger partial charge in [-0.2, -0.15) is 98.5 Å². The Kier molecular flexibility index (Phi) is 35.9. The Balaban J connectivity index is -0.000000184. The predicted octanol–water partition coefficient (Wildman–Crippen LogP) is 10.2. The third-order valence-electron chi connectivity index (χ3n) is 3.37. The van der Waals surface area contributed by atoms with E-state index < -0.39 is 0 Å². The predicted molar refractivity (Wildman–Crippen MR) is 173 cm³/mol. The van der Waals surface area contributed by atoms with Crippen LogP contribution in [0.1, 0.15) is 22.3 Å². The Labute approximate surface area is 259 Å². The van der Waals surface area contributed by atoms with Crippen LogP contribution in [-0.2, 0) is 34.1 Å². The van der Waals surface area contributed by atoms with Gasteiger partial charge in [0.2, 0.25) is 0 Å². The molecule has 206 valence electrons. The van der Waals surface area contributed by atoms with Gasteiger partial charge in [-0.3, -0.25) is 0 Å². The molecule has 0 nitrogen and oxygen atoms in total. The Morgan fingerprint density at radius 3 is 0.474 bits per heavy atom. The summed E-state index contributed by atoms with van der Waals surface area (Å²) in [7, 11) is 0.759. The molecule has 0 aliphatic heterocycles. The van der Waals surface area contributed by atoms with Gasteiger partial charge in [-0.1, -0.05) is 24.3 Å². The van der Waals surface area contributed by atoms with E-state index in [0.717, 1.165) is 22.3 Å². The summed E-state index contributed by atoms with van der Waals surface area (Å²) in [6.45, 7) is 28.3. The zero-order valence-electron chi connectivity index (χ0n) is 24.0. The Bertz CT molecular complexity index is 770. The van der Waals surface area contributed by atoms with E-state index in [4.69, 9.17) is 0 Å². The smallest absolute Gasteiger partial charge is 0.199 e. The molecular formula is C34H46Mn2P2. The second-order valence-corrected chi connectivity index (χ2v) is 14.0. The maximum absolute atomic E-state index is 3.72. The number of rotatable bonds is 0. The van der Waals surface area contributed by atoms with Crippen LogP contribution in [0, 0.1) is 27.7 Å². The third kappa shape index (κ3) is 41.4. The van der Waals surface area contributed by atoms with Crippen LogP contribution in [0.15, 0.2) is 121 Å². The molecule has 0 aromatic heterocycles. The average molecular weight is 627 g/mol. The summed E-state index contributed by atoms with van der Waals surface area (Å²) >= 11 is 0. The summed E-state index contributed by atoms with van der Waals surface area (Å²) < 4.78 is 0. The number of hydrogen-bond acceptors (Lipinski definition) is 0. The van der Waals surface area contributed by atoms with E-state index >= 15 is 0 Å². The summed E-state index contributed by atoms with van der Waals surface area (Å²) in [6.07, 6.45) is 0. The summed E-state index contributed by atoms with van der Waals surface area (Å²) in [5.41, 5.74) is 4.29. The van der Waals surface area contributed by atoms with Gasteiger partial charge >= 0.3 is 34.1 Å². The molecule has 0 bridgehead atoms. The van der Waals surface area contributed by atoms with Crippen LogP contribution in [0.5, 0.6) is 0 Å². The molecule has 4 aromatic rings. The molecule has 4 heteroatoms. The van der Waals surface area contributed by atoms with Crippen molar-refractivity contribution in [2.45, 2.75) is 0 Å². The van der Waals surface area contributed by atoms with Gasteiger partial charge in [0.25, 0.3) is 0 Å². The largest absolute Gasteiger partial charge is 2.00 e. The van der Waals surface area contributed by atoms with Crippen molar-refractivity contribution in [2.24, 2.45) is 0 Å². The molecule has 0 unspecified atom stereocenters. The van der Waals surface area contributed by atoms with Crippen LogP contribution >= 0.6 is 15.8 Å². The van der Waals surface area contributed by atoms with Gasteiger partial charge in [0.15, 0.2) is 0 Å². The molecule has 38 heavy (non-hydrogen) atoms. The molecule has 0 saturated carbocycles. The van der Waals surface area contributed by atoms with Gasteiger partial charge in [-0.25, -0.2) is 0 Å². The molecule has 0 saturated heterocycles. The number of benzene rings is 4. The summed E-state index contributed by atoms with van der Waals surface area (Å²) in [5.74, 6) is 0. The van der Waals surface area contributed by atoms with Crippen LogP contribution in [-0.4, -0.2) is 40.0 Å². The van der Waals surface area contributed by atoms with Crippen molar-refractivity contribution in [1.29, 1.82) is 0 Å². The zero-order valence-corrected chi connectivity index (χ0v) is 28.2. The van der Waals surface area contributed by atoms with Crippen molar-refractivity contribution in [3.63, 3.8) is 0 Å². The Morgan fingerprint density at radius 1 is 0.316 bits per heavy atom. The molecule has 2 radical (unpaired) electrons. The minimum absolute atomic E-state index is 0. The van der Waals surface area contributed by atoms with E-state index in [0.29, 0.717) is 15.8 Å². The first-order valence-electron chi connectivity index (χ1n) is 11.7. The van der Waals surface area contributed by atoms with Crippen LogP contribution < -0.4 is 0 Å². The molecule has 4 aromatic carbocycles. The molecule has 0 aliphatic carbocycles. The second kappa shape index (κ2) is 31.5. The Morgan fingerprint density at radius 2 is 0.421 bits per heavy atom. The molecule has 0 heterocycles. The second-order valence-electron chi connectivity index (χ2n) is 8.63. The quantitative estimate of drug-likeness (QED) is 0.104. The summed E-state index contributed by atoms with van der Waals surface area (Å²) in [4.78, 5) is 0. The van der Waals surface area contributed by atoms with Gasteiger partial charge in [0.05, 0.1) is 0 Å². The van der Waals surface area contributed by atoms with E-state index in [2.05, 4.69) is 67.7 Å². The maximum atomic E-state index is 3.72. The molecule has 0 atom stereocenters. The van der Waals surface area contributed by atoms with E-state index in [9.17, 15) is 0 Å². The van der Waals surface area contributed by atoms with Crippen LogP contribution in [0.3, 0.4) is 0 Å². The van der Waals surface area contributed by atoms with E-state index in [1.54, 1.807) is 0 Å². The van der Waals surface area contributed by atoms with Crippen molar-refractivity contribution < 1.29 is 34.1 Å². The molecule has 4 rings (SSSR count). The third-order valence-corrected chi connectivity index (χ3v) is 3.37. The van der Waals surface area contributed by atoms with Crippen molar-refractivity contribution in [2.75, 3.05) is 40.0 Å². The molecule has 0 spiro atoms. The Hall–Kier alpha value is -1.74. The molecular weight excluding hydrogens is 580 g/mol. The monoisotopic (exact) mass is 626 g/mol. The van der Waals surface area contributed by atoms with Crippen molar-refractivity contribution in [1.82, 2.24) is 0 Å². The average Bonchev–Trinajstić information content (AvgIpc) is 2.82. The first kappa shape index (κ1) is 43.3. The van der Waals surface area contributed by atoms with E-state index in [1.165, 1.54) is 0 Å². The van der Waals surface area contributed by atoms with Crippen molar-refractivity contribution >= 4 is 15.8 Å². The van der Waals surface area contributed by atoms with E-state index in [1.807, 2.05) is 121 Å². The van der Waals surface area contributed by atoms with Crippen molar-refractivity contribution in [3.05, 3.63) is 171 Å². The SMILES string of the molecule is CP(C)C.CP(C)C.[CH2-]c1ccccc1.[CH2-]c1ccccc1.[CH2-]c1ccccc1.[CH2-]c1ccccc1.[Mn+2].[Mn+2]. The fourth-order valence-corrected chi connectivity index (χ4v) is 1.91. The standard InChI is InChI=1S/4C7H7.2C3H9P.2Mn/c4*1-7-5-3-2-4-6-7;2*1-4(2)3;;/h4*2-6H,1H2;2*1-3H3;;/q4*-1;;;2*+2. The van der Waals surface area contributed by atoms with Gasteiger partial charge in [0.1, 0.15) is 0 Å². The van der Waals surface area contributed by atoms with Gasteiger partial charge < -0.3 is 0 Å².